The molecule has 1 fully saturated rings. The molecule has 7 heteroatoms. The van der Waals surface area contributed by atoms with Crippen LogP contribution in [0.25, 0.3) is 0 Å². The Hall–Kier alpha value is -1.76. The highest BCUT2D eigenvalue weighted by Gasteiger charge is 2.31. The third-order valence-corrected chi connectivity index (χ3v) is 3.93. The zero-order chi connectivity index (χ0) is 13.2. The molecule has 1 heterocycles. The molecule has 1 N–H and O–H groups in total. The highest BCUT2D eigenvalue weighted by atomic mass is 32.2. The number of carbonyl (C=O) groups is 1. The third-order valence-electron chi connectivity index (χ3n) is 2.52. The van der Waals surface area contributed by atoms with Gasteiger partial charge in [-0.25, -0.2) is 4.79 Å². The van der Waals surface area contributed by atoms with Gasteiger partial charge in [0, 0.05) is 13.0 Å². The van der Waals surface area contributed by atoms with E-state index in [0.717, 1.165) is 5.56 Å². The number of carbonyl (C=O) groups excluding carboxylic acids is 1. The van der Waals surface area contributed by atoms with Crippen molar-refractivity contribution in [3.05, 3.63) is 29.8 Å². The number of nitrogens with one attached hydrogen (secondary N) is 1. The Labute approximate surface area is 106 Å². The summed E-state index contributed by atoms with van der Waals surface area (Å²) in [6.07, 6.45) is -0.332. The summed E-state index contributed by atoms with van der Waals surface area (Å²) in [6, 6.07) is 6.85. The molecule has 0 saturated carbocycles. The Balaban J connectivity index is 2.16. The maximum atomic E-state index is 12.0. The molecule has 0 atom stereocenters. The van der Waals surface area contributed by atoms with Gasteiger partial charge in [-0.2, -0.15) is 12.7 Å². The number of hydrogen-bond donors (Lipinski definition) is 1. The van der Waals surface area contributed by atoms with Crippen molar-refractivity contribution in [1.82, 2.24) is 4.31 Å². The topological polar surface area (TPSA) is 75.7 Å². The highest BCUT2D eigenvalue weighted by Crippen LogP contribution is 2.15. The van der Waals surface area contributed by atoms with E-state index in [9.17, 15) is 13.2 Å². The van der Waals surface area contributed by atoms with Crippen molar-refractivity contribution in [2.24, 2.45) is 0 Å². The molecule has 1 amide bonds. The molecule has 1 aliphatic heterocycles. The molecule has 98 valence electrons. The first-order valence-corrected chi connectivity index (χ1v) is 6.97. The van der Waals surface area contributed by atoms with Gasteiger partial charge in [0.25, 0.3) is 0 Å². The fourth-order valence-electron chi connectivity index (χ4n) is 1.57. The van der Waals surface area contributed by atoms with Crippen LogP contribution in [0.3, 0.4) is 0 Å². The van der Waals surface area contributed by atoms with Crippen LogP contribution < -0.4 is 4.72 Å². The van der Waals surface area contributed by atoms with Crippen LogP contribution in [0.1, 0.15) is 12.0 Å². The van der Waals surface area contributed by atoms with E-state index in [0.29, 0.717) is 16.4 Å². The lowest BCUT2D eigenvalue weighted by molar-refractivity contribution is 0.101. The quantitative estimate of drug-likeness (QED) is 0.903. The van der Waals surface area contributed by atoms with Gasteiger partial charge in [-0.1, -0.05) is 17.7 Å². The normalized spacial score (nSPS) is 16.3. The first-order chi connectivity index (χ1) is 8.49. The summed E-state index contributed by atoms with van der Waals surface area (Å²) in [6.45, 7) is 2.30. The minimum atomic E-state index is -3.89. The van der Waals surface area contributed by atoms with Crippen LogP contribution in [0.15, 0.2) is 24.3 Å². The molecule has 0 radical (unpaired) electrons. The first kappa shape index (κ1) is 12.7. The first-order valence-electron chi connectivity index (χ1n) is 5.53. The van der Waals surface area contributed by atoms with Gasteiger partial charge in [0.1, 0.15) is 0 Å². The number of amides is 1. The van der Waals surface area contributed by atoms with E-state index in [1.54, 1.807) is 24.3 Å². The van der Waals surface area contributed by atoms with Crippen molar-refractivity contribution >= 4 is 22.0 Å². The molecular weight excluding hydrogens is 256 g/mol. The molecule has 0 spiro atoms. The number of ether oxygens (including phenoxy) is 1. The molecule has 1 aromatic rings. The Kier molecular flexibility index (Phi) is 3.42. The fourth-order valence-corrected chi connectivity index (χ4v) is 2.74. The van der Waals surface area contributed by atoms with Crippen molar-refractivity contribution in [3.8, 4) is 0 Å². The van der Waals surface area contributed by atoms with Gasteiger partial charge in [0.15, 0.2) is 0 Å². The summed E-state index contributed by atoms with van der Waals surface area (Å²) in [5.74, 6) is 0. The van der Waals surface area contributed by atoms with Gasteiger partial charge >= 0.3 is 16.3 Å². The Bertz CT molecular complexity index is 539. The Morgan fingerprint density at radius 1 is 1.28 bits per heavy atom. The van der Waals surface area contributed by atoms with Crippen molar-refractivity contribution in [1.29, 1.82) is 0 Å². The van der Waals surface area contributed by atoms with Crippen LogP contribution >= 0.6 is 0 Å². The van der Waals surface area contributed by atoms with Crippen LogP contribution in [0.4, 0.5) is 10.5 Å². The molecule has 0 aromatic heterocycles. The number of rotatable bonds is 3. The maximum absolute atomic E-state index is 12.0. The van der Waals surface area contributed by atoms with Crippen molar-refractivity contribution in [2.75, 3.05) is 17.9 Å². The average Bonchev–Trinajstić information content (AvgIpc) is 2.32. The summed E-state index contributed by atoms with van der Waals surface area (Å²) in [5.41, 5.74) is 1.44. The lowest BCUT2D eigenvalue weighted by Gasteiger charge is -2.25. The van der Waals surface area contributed by atoms with Crippen LogP contribution in [0, 0.1) is 6.92 Å². The van der Waals surface area contributed by atoms with Crippen LogP contribution in [0.2, 0.25) is 0 Å². The molecule has 18 heavy (non-hydrogen) atoms. The SMILES string of the molecule is Cc1ccc(NS(=O)(=O)N2CCCOC2=O)cc1. The zero-order valence-electron chi connectivity index (χ0n) is 9.92. The van der Waals surface area contributed by atoms with E-state index in [1.165, 1.54) is 0 Å². The van der Waals surface area contributed by atoms with Gasteiger partial charge in [0.05, 0.1) is 12.3 Å². The lowest BCUT2D eigenvalue weighted by atomic mass is 10.2. The second kappa shape index (κ2) is 4.85. The maximum Gasteiger partial charge on any atom is 0.424 e. The van der Waals surface area contributed by atoms with Crippen molar-refractivity contribution in [3.63, 3.8) is 0 Å². The number of nitrogens with zero attached hydrogens (tertiary/aromatic N) is 1. The second-order valence-corrected chi connectivity index (χ2v) is 5.61. The van der Waals surface area contributed by atoms with Crippen LogP contribution in [0.5, 0.6) is 0 Å². The van der Waals surface area contributed by atoms with Crippen molar-refractivity contribution in [2.45, 2.75) is 13.3 Å². The van der Waals surface area contributed by atoms with Crippen LogP contribution in [-0.2, 0) is 14.9 Å². The molecule has 0 aliphatic carbocycles. The molecule has 1 aromatic carbocycles. The third kappa shape index (κ3) is 2.73. The summed E-state index contributed by atoms with van der Waals surface area (Å²) in [7, 11) is -3.89. The van der Waals surface area contributed by atoms with Gasteiger partial charge in [-0.3, -0.25) is 4.72 Å². The van der Waals surface area contributed by atoms with E-state index in [4.69, 9.17) is 4.74 Å². The number of cyclic esters (lactones) is 1. The fraction of sp³-hybridized carbons (Fsp3) is 0.364. The van der Waals surface area contributed by atoms with E-state index >= 15 is 0 Å². The molecule has 0 bridgehead atoms. The summed E-state index contributed by atoms with van der Waals surface area (Å²) < 4.78 is 31.7. The van der Waals surface area contributed by atoms with E-state index in [-0.39, 0.29) is 13.2 Å². The molecule has 2 rings (SSSR count). The summed E-state index contributed by atoms with van der Waals surface area (Å²) in [5, 5.41) is 0. The largest absolute Gasteiger partial charge is 0.449 e. The zero-order valence-corrected chi connectivity index (χ0v) is 10.7. The minimum Gasteiger partial charge on any atom is -0.449 e. The smallest absolute Gasteiger partial charge is 0.424 e. The van der Waals surface area contributed by atoms with Gasteiger partial charge < -0.3 is 4.74 Å². The minimum absolute atomic E-state index is 0.139. The molecule has 1 saturated heterocycles. The van der Waals surface area contributed by atoms with Gasteiger partial charge in [-0.05, 0) is 19.1 Å². The predicted molar refractivity (Wildman–Crippen MR) is 66.4 cm³/mol. The Morgan fingerprint density at radius 3 is 2.56 bits per heavy atom. The van der Waals surface area contributed by atoms with Crippen LogP contribution in [-0.4, -0.2) is 32.0 Å². The van der Waals surface area contributed by atoms with Crippen molar-refractivity contribution < 1.29 is 17.9 Å². The van der Waals surface area contributed by atoms with E-state index in [1.807, 2.05) is 6.92 Å². The average molecular weight is 270 g/mol. The number of benzene rings is 1. The van der Waals surface area contributed by atoms with Gasteiger partial charge in [-0.15, -0.1) is 0 Å². The van der Waals surface area contributed by atoms with E-state index in [2.05, 4.69) is 4.72 Å². The Morgan fingerprint density at radius 2 is 1.94 bits per heavy atom. The number of anilines is 1. The number of aryl methyl sites for hydroxylation is 1. The standard InChI is InChI=1S/C11H14N2O4S/c1-9-3-5-10(6-4-9)12-18(15,16)13-7-2-8-17-11(13)14/h3-6,12H,2,7-8H2,1H3. The molecule has 1 aliphatic rings. The molecule has 0 unspecified atom stereocenters. The van der Waals surface area contributed by atoms with E-state index < -0.39 is 16.3 Å². The van der Waals surface area contributed by atoms with Gasteiger partial charge in [0.2, 0.25) is 0 Å². The number of hydrogen-bond acceptors (Lipinski definition) is 4. The molecular formula is C11H14N2O4S. The lowest BCUT2D eigenvalue weighted by Crippen LogP contribution is -2.44. The monoisotopic (exact) mass is 270 g/mol. The summed E-state index contributed by atoms with van der Waals surface area (Å²) in [4.78, 5) is 11.4. The second-order valence-electron chi connectivity index (χ2n) is 4.01. The summed E-state index contributed by atoms with van der Waals surface area (Å²) >= 11 is 0. The molecule has 6 nitrogen and oxygen atoms in total. The highest BCUT2D eigenvalue weighted by molar-refractivity contribution is 7.90. The predicted octanol–water partition coefficient (Wildman–Crippen LogP) is 1.49.